The van der Waals surface area contributed by atoms with Gasteiger partial charge in [-0.15, -0.1) is 11.3 Å². The molecule has 0 spiro atoms. The maximum atomic E-state index is 10.9. The molecule has 28 heavy (non-hydrogen) atoms. The average molecular weight is 404 g/mol. The van der Waals surface area contributed by atoms with Crippen LogP contribution in [0.1, 0.15) is 10.4 Å². The van der Waals surface area contributed by atoms with Crippen LogP contribution in [-0.4, -0.2) is 11.3 Å². The lowest BCUT2D eigenvalue weighted by Gasteiger charge is -2.09. The van der Waals surface area contributed by atoms with Crippen molar-refractivity contribution in [1.29, 1.82) is 0 Å². The van der Waals surface area contributed by atoms with Crippen LogP contribution in [0.15, 0.2) is 79.3 Å². The lowest BCUT2D eigenvalue weighted by Crippen LogP contribution is -1.91. The molecule has 0 aliphatic carbocycles. The first-order chi connectivity index (χ1) is 13.8. The van der Waals surface area contributed by atoms with E-state index in [1.165, 1.54) is 0 Å². The quantitative estimate of drug-likeness (QED) is 0.277. The number of nitrogens with zero attached hydrogens (tertiary/aromatic N) is 1. The second-order valence-electron chi connectivity index (χ2n) is 6.00. The molecule has 0 amide bonds. The zero-order valence-electron chi connectivity index (χ0n) is 14.9. The molecule has 0 aliphatic rings. The Kier molecular flexibility index (Phi) is 5.47. The monoisotopic (exact) mass is 404 g/mol. The number of hydrogen-bond donors (Lipinski definition) is 1. The fourth-order valence-electron chi connectivity index (χ4n) is 2.81. The van der Waals surface area contributed by atoms with Gasteiger partial charge in [0.1, 0.15) is 12.0 Å². The van der Waals surface area contributed by atoms with Gasteiger partial charge < -0.3 is 9.84 Å². The first-order valence-electron chi connectivity index (χ1n) is 8.61. The smallest absolute Gasteiger partial charge is 0.150 e. The van der Waals surface area contributed by atoms with E-state index in [9.17, 15) is 4.79 Å². The summed E-state index contributed by atoms with van der Waals surface area (Å²) in [5.74, 6) is 2.55. The van der Waals surface area contributed by atoms with Crippen LogP contribution in [0.2, 0.25) is 0 Å². The van der Waals surface area contributed by atoms with Gasteiger partial charge in [-0.05, 0) is 35.6 Å². The molecule has 0 radical (unpaired) electrons. The van der Waals surface area contributed by atoms with Gasteiger partial charge in [0.15, 0.2) is 0 Å². The molecule has 4 aromatic rings. The second-order valence-corrected chi connectivity index (χ2v) is 7.90. The summed E-state index contributed by atoms with van der Waals surface area (Å²) in [5, 5.41) is 3.47. The van der Waals surface area contributed by atoms with Gasteiger partial charge in [0.2, 0.25) is 0 Å². The highest BCUT2D eigenvalue weighted by molar-refractivity contribution is 7.36. The van der Waals surface area contributed by atoms with Crippen LogP contribution < -0.4 is 9.84 Å². The van der Waals surface area contributed by atoms with Gasteiger partial charge >= 0.3 is 0 Å². The first-order valence-corrected chi connectivity index (χ1v) is 10.4. The minimum Gasteiger partial charge on any atom is -0.473 e. The molecule has 4 nitrogen and oxygen atoms in total. The second kappa shape index (κ2) is 8.34. The number of carbonyl (C=O) groups excluding carboxylic acids is 1. The van der Waals surface area contributed by atoms with E-state index in [1.807, 2.05) is 54.6 Å². The molecule has 0 saturated carbocycles. The zero-order valence-corrected chi connectivity index (χ0v) is 16.7. The molecule has 6 heteroatoms. The number of thiophene rings is 1. The van der Waals surface area contributed by atoms with Crippen LogP contribution in [0.25, 0.3) is 20.7 Å². The van der Waals surface area contributed by atoms with Crippen molar-refractivity contribution >= 4 is 48.0 Å². The Morgan fingerprint density at radius 2 is 1.96 bits per heavy atom. The lowest BCUT2D eigenvalue weighted by atomic mass is 10.1. The maximum absolute atomic E-state index is 10.9. The van der Waals surface area contributed by atoms with Crippen LogP contribution >= 0.6 is 20.1 Å². The van der Waals surface area contributed by atoms with Crippen molar-refractivity contribution < 1.29 is 9.32 Å². The summed E-state index contributed by atoms with van der Waals surface area (Å²) in [7, 11) is 0.234. The van der Waals surface area contributed by atoms with Crippen LogP contribution in [0.3, 0.4) is 0 Å². The zero-order chi connectivity index (χ0) is 19.3. The van der Waals surface area contributed by atoms with Gasteiger partial charge in [0.25, 0.3) is 0 Å². The molecule has 1 unspecified atom stereocenters. The standard InChI is InChI=1S/C22H17N2O2PS/c1-2-27-26-18-5-3-4-17(12-18)24-19-10-11-23-20-13-21(28-22(19)20)16-8-6-15(14-25)7-9-16/h2-14,27H,1H2,(H,23,24). The SMILES string of the molecule is C=CPOc1cccc(Nc2ccnc3cc(-c4ccc(C=O)cc4)sc23)c1. The molecular weight excluding hydrogens is 387 g/mol. The summed E-state index contributed by atoms with van der Waals surface area (Å²) in [6.45, 7) is 3.69. The molecule has 0 saturated heterocycles. The Labute approximate surface area is 168 Å². The van der Waals surface area contributed by atoms with E-state index in [4.69, 9.17) is 4.52 Å². The Bertz CT molecular complexity index is 1140. The van der Waals surface area contributed by atoms with Crippen LogP contribution in [0.4, 0.5) is 11.4 Å². The van der Waals surface area contributed by atoms with E-state index < -0.39 is 0 Å². The van der Waals surface area contributed by atoms with Gasteiger partial charge in [0, 0.05) is 28.4 Å². The van der Waals surface area contributed by atoms with Gasteiger partial charge in [-0.25, -0.2) is 0 Å². The summed E-state index contributed by atoms with van der Waals surface area (Å²) in [5.41, 5.74) is 4.62. The average Bonchev–Trinajstić information content (AvgIpc) is 3.18. The van der Waals surface area contributed by atoms with Crippen molar-refractivity contribution in [2.75, 3.05) is 5.32 Å². The van der Waals surface area contributed by atoms with Crippen LogP contribution in [0.5, 0.6) is 5.75 Å². The number of carbonyl (C=O) groups is 1. The number of nitrogens with one attached hydrogen (secondary N) is 1. The molecule has 2 heterocycles. The summed E-state index contributed by atoms with van der Waals surface area (Å²) in [6.07, 6.45) is 2.65. The van der Waals surface area contributed by atoms with Crippen molar-refractivity contribution in [3.8, 4) is 16.2 Å². The molecule has 1 N–H and O–H groups in total. The third kappa shape index (κ3) is 3.96. The fourth-order valence-corrected chi connectivity index (χ4v) is 4.24. The number of aldehydes is 1. The Balaban J connectivity index is 1.65. The maximum Gasteiger partial charge on any atom is 0.150 e. The Morgan fingerprint density at radius 3 is 2.75 bits per heavy atom. The number of fused-ring (bicyclic) bond motifs is 1. The van der Waals surface area contributed by atoms with Crippen molar-refractivity contribution in [1.82, 2.24) is 4.98 Å². The Hall–Kier alpha value is -3.01. The Morgan fingerprint density at radius 1 is 1.11 bits per heavy atom. The molecule has 2 aromatic heterocycles. The van der Waals surface area contributed by atoms with E-state index in [0.717, 1.165) is 44.1 Å². The molecule has 1 atom stereocenters. The summed E-state index contributed by atoms with van der Waals surface area (Å²) < 4.78 is 6.72. The van der Waals surface area contributed by atoms with E-state index >= 15 is 0 Å². The number of hydrogen-bond acceptors (Lipinski definition) is 5. The van der Waals surface area contributed by atoms with Gasteiger partial charge in [-0.2, -0.15) is 0 Å². The molecule has 0 aliphatic heterocycles. The minimum absolute atomic E-state index is 0.234. The van der Waals surface area contributed by atoms with E-state index in [-0.39, 0.29) is 8.81 Å². The largest absolute Gasteiger partial charge is 0.473 e. The molecule has 0 bridgehead atoms. The molecule has 0 fully saturated rings. The van der Waals surface area contributed by atoms with E-state index in [0.29, 0.717) is 5.56 Å². The van der Waals surface area contributed by atoms with Gasteiger partial charge in [0.05, 0.1) is 24.7 Å². The lowest BCUT2D eigenvalue weighted by molar-refractivity contribution is 0.112. The predicted octanol–water partition coefficient (Wildman–Crippen LogP) is 6.64. The van der Waals surface area contributed by atoms with Gasteiger partial charge in [-0.3, -0.25) is 9.78 Å². The highest BCUT2D eigenvalue weighted by Crippen LogP contribution is 2.38. The normalized spacial score (nSPS) is 11.0. The van der Waals surface area contributed by atoms with Crippen LogP contribution in [0, 0.1) is 0 Å². The number of pyridine rings is 1. The van der Waals surface area contributed by atoms with Crippen molar-refractivity contribution in [2.24, 2.45) is 0 Å². The number of anilines is 2. The predicted molar refractivity (Wildman–Crippen MR) is 119 cm³/mol. The highest BCUT2D eigenvalue weighted by atomic mass is 32.1. The molecule has 138 valence electrons. The van der Waals surface area contributed by atoms with Crippen molar-refractivity contribution in [3.05, 3.63) is 84.8 Å². The third-order valence-electron chi connectivity index (χ3n) is 4.12. The van der Waals surface area contributed by atoms with Crippen molar-refractivity contribution in [3.63, 3.8) is 0 Å². The third-order valence-corrected chi connectivity index (χ3v) is 5.84. The fraction of sp³-hybridized carbons (Fsp3) is 0. The number of aromatic nitrogens is 1. The van der Waals surface area contributed by atoms with E-state index in [2.05, 4.69) is 22.9 Å². The van der Waals surface area contributed by atoms with Gasteiger partial charge in [-0.1, -0.05) is 36.9 Å². The first kappa shape index (κ1) is 18.4. The summed E-state index contributed by atoms with van der Waals surface area (Å²) in [6, 6.07) is 19.5. The molecular formula is C22H17N2O2PS. The molecule has 4 rings (SSSR count). The van der Waals surface area contributed by atoms with Crippen LogP contribution in [-0.2, 0) is 0 Å². The molecule has 2 aromatic carbocycles. The van der Waals surface area contributed by atoms with Crippen molar-refractivity contribution in [2.45, 2.75) is 0 Å². The summed E-state index contributed by atoms with van der Waals surface area (Å²) >= 11 is 1.67. The topological polar surface area (TPSA) is 51.2 Å². The van der Waals surface area contributed by atoms with E-state index in [1.54, 1.807) is 23.4 Å². The summed E-state index contributed by atoms with van der Waals surface area (Å²) in [4.78, 5) is 16.5. The number of rotatable bonds is 7. The number of benzene rings is 2. The minimum atomic E-state index is 0.234. The highest BCUT2D eigenvalue weighted by Gasteiger charge is 2.10.